The van der Waals surface area contributed by atoms with E-state index in [9.17, 15) is 13.5 Å². The Bertz CT molecular complexity index is 970. The summed E-state index contributed by atoms with van der Waals surface area (Å²) in [7, 11) is -3.72. The molecule has 2 rings (SSSR count). The molecule has 0 aliphatic heterocycles. The van der Waals surface area contributed by atoms with E-state index in [0.29, 0.717) is 0 Å². The molecule has 0 amide bonds. The van der Waals surface area contributed by atoms with Gasteiger partial charge in [0.25, 0.3) is 0 Å². The summed E-state index contributed by atoms with van der Waals surface area (Å²) in [4.78, 5) is 1.00. The van der Waals surface area contributed by atoms with Gasteiger partial charge in [-0.2, -0.15) is 0 Å². The molecule has 0 aliphatic carbocycles. The highest BCUT2D eigenvalue weighted by atomic mass is 32.2. The van der Waals surface area contributed by atoms with Gasteiger partial charge in [-0.1, -0.05) is 60.1 Å². The number of nitrogens with two attached hydrogens (primary N) is 1. The third kappa shape index (κ3) is 5.89. The number of aryl methyl sites for hydroxylation is 1. The van der Waals surface area contributed by atoms with Crippen molar-refractivity contribution in [3.05, 3.63) is 46.3 Å². The van der Waals surface area contributed by atoms with Crippen molar-refractivity contribution in [2.45, 2.75) is 83.0 Å². The Hall–Kier alpha value is -1.41. The Morgan fingerprint density at radius 1 is 1.10 bits per heavy atom. The minimum Gasteiger partial charge on any atom is -0.491 e. The van der Waals surface area contributed by atoms with Crippen molar-refractivity contribution in [1.82, 2.24) is 0 Å². The quantitative estimate of drug-likeness (QED) is 0.500. The van der Waals surface area contributed by atoms with E-state index in [1.807, 2.05) is 32.9 Å². The minimum atomic E-state index is -3.72. The number of primary sulfonamides is 1. The smallest absolute Gasteiger partial charge is 0.247 e. The third-order valence-electron chi connectivity index (χ3n) is 6.07. The predicted octanol–water partition coefficient (Wildman–Crippen LogP) is 5.24. The fraction of sp³-hybridized carbons (Fsp3) is 0.583. The Labute approximate surface area is 191 Å². The summed E-state index contributed by atoms with van der Waals surface area (Å²) in [5.74, 6) is 0.798. The van der Waals surface area contributed by atoms with E-state index in [2.05, 4.69) is 32.9 Å². The molecule has 31 heavy (non-hydrogen) atoms. The summed E-state index contributed by atoms with van der Waals surface area (Å²) in [6.45, 7) is 12.6. The standard InChI is InChI=1S/C24H37NO4S2/c1-7-10-17-15-18(11-12-19(17)29-16-20(26)23(4,5)6)24(8-2,9-3)21-13-14-22(30-21)31(25,27)28/h11-15,20,26H,7-10,16H2,1-6H3,(H2,25,27,28). The highest BCUT2D eigenvalue weighted by molar-refractivity contribution is 7.91. The van der Waals surface area contributed by atoms with Crippen LogP contribution in [0.15, 0.2) is 34.5 Å². The van der Waals surface area contributed by atoms with Crippen LogP contribution in [0.25, 0.3) is 0 Å². The molecule has 0 aliphatic rings. The highest BCUT2D eigenvalue weighted by Crippen LogP contribution is 2.44. The third-order valence-corrected chi connectivity index (χ3v) is 8.80. The molecule has 0 saturated heterocycles. The fourth-order valence-electron chi connectivity index (χ4n) is 3.78. The summed E-state index contributed by atoms with van der Waals surface area (Å²) in [6.07, 6.45) is 2.95. The lowest BCUT2D eigenvalue weighted by atomic mass is 9.74. The van der Waals surface area contributed by atoms with E-state index in [1.165, 1.54) is 11.3 Å². The molecule has 1 aromatic carbocycles. The van der Waals surface area contributed by atoms with E-state index in [-0.39, 0.29) is 21.6 Å². The van der Waals surface area contributed by atoms with Crippen LogP contribution in [0.3, 0.4) is 0 Å². The van der Waals surface area contributed by atoms with Crippen LogP contribution in [0.2, 0.25) is 0 Å². The van der Waals surface area contributed by atoms with Crippen molar-refractivity contribution < 1.29 is 18.3 Å². The van der Waals surface area contributed by atoms with E-state index in [1.54, 1.807) is 6.07 Å². The van der Waals surface area contributed by atoms with Gasteiger partial charge in [-0.05, 0) is 54.0 Å². The first-order valence-electron chi connectivity index (χ1n) is 11.0. The summed E-state index contributed by atoms with van der Waals surface area (Å²) < 4.78 is 29.9. The van der Waals surface area contributed by atoms with Crippen LogP contribution in [-0.2, 0) is 21.9 Å². The molecule has 1 atom stereocenters. The first-order chi connectivity index (χ1) is 14.4. The Kier molecular flexibility index (Phi) is 8.36. The molecule has 3 N–H and O–H groups in total. The van der Waals surface area contributed by atoms with E-state index >= 15 is 0 Å². The monoisotopic (exact) mass is 467 g/mol. The molecule has 7 heteroatoms. The summed E-state index contributed by atoms with van der Waals surface area (Å²) >= 11 is 1.25. The zero-order chi connectivity index (χ0) is 23.4. The number of sulfonamides is 1. The molecule has 1 heterocycles. The normalized spacial score (nSPS) is 13.9. The molecule has 5 nitrogen and oxygen atoms in total. The average molecular weight is 468 g/mol. The van der Waals surface area contributed by atoms with E-state index in [4.69, 9.17) is 9.88 Å². The second-order valence-electron chi connectivity index (χ2n) is 9.22. The second kappa shape index (κ2) is 10.0. The molecular formula is C24H37NO4S2. The van der Waals surface area contributed by atoms with Crippen LogP contribution in [0.4, 0.5) is 0 Å². The topological polar surface area (TPSA) is 89.6 Å². The largest absolute Gasteiger partial charge is 0.491 e. The van der Waals surface area contributed by atoms with Gasteiger partial charge in [0.15, 0.2) is 0 Å². The maximum Gasteiger partial charge on any atom is 0.247 e. The first kappa shape index (κ1) is 25.8. The van der Waals surface area contributed by atoms with Crippen LogP contribution in [-0.4, -0.2) is 26.2 Å². The van der Waals surface area contributed by atoms with Crippen LogP contribution >= 0.6 is 11.3 Å². The maximum atomic E-state index is 11.8. The molecule has 0 bridgehead atoms. The number of hydrogen-bond donors (Lipinski definition) is 2. The number of aliphatic hydroxyl groups is 1. The first-order valence-corrected chi connectivity index (χ1v) is 13.3. The number of rotatable bonds is 10. The van der Waals surface area contributed by atoms with E-state index in [0.717, 1.165) is 47.4 Å². The van der Waals surface area contributed by atoms with Crippen molar-refractivity contribution in [3.63, 3.8) is 0 Å². The molecule has 1 aromatic heterocycles. The van der Waals surface area contributed by atoms with Crippen LogP contribution in [0.1, 0.15) is 76.8 Å². The van der Waals surface area contributed by atoms with Crippen molar-refractivity contribution in [2.75, 3.05) is 6.61 Å². The number of thiophene rings is 1. The lowest BCUT2D eigenvalue weighted by Gasteiger charge is -2.32. The van der Waals surface area contributed by atoms with Gasteiger partial charge in [0, 0.05) is 10.3 Å². The van der Waals surface area contributed by atoms with Crippen molar-refractivity contribution in [3.8, 4) is 5.75 Å². The molecule has 0 fully saturated rings. The van der Waals surface area contributed by atoms with Crippen LogP contribution in [0.5, 0.6) is 5.75 Å². The molecule has 174 valence electrons. The van der Waals surface area contributed by atoms with Gasteiger partial charge in [0.1, 0.15) is 16.6 Å². The van der Waals surface area contributed by atoms with E-state index < -0.39 is 16.1 Å². The molecular weight excluding hydrogens is 430 g/mol. The number of ether oxygens (including phenoxy) is 1. The van der Waals surface area contributed by atoms with Gasteiger partial charge in [0.2, 0.25) is 10.0 Å². The Morgan fingerprint density at radius 2 is 1.74 bits per heavy atom. The van der Waals surface area contributed by atoms with Crippen molar-refractivity contribution in [2.24, 2.45) is 10.6 Å². The van der Waals surface area contributed by atoms with Gasteiger partial charge >= 0.3 is 0 Å². The molecule has 0 saturated carbocycles. The fourth-order valence-corrected chi connectivity index (χ4v) is 5.86. The van der Waals surface area contributed by atoms with Gasteiger partial charge in [-0.15, -0.1) is 11.3 Å². The Balaban J connectivity index is 2.46. The number of aliphatic hydroxyl groups excluding tert-OH is 1. The number of hydrogen-bond acceptors (Lipinski definition) is 5. The maximum absolute atomic E-state index is 11.8. The number of benzene rings is 1. The molecule has 0 spiro atoms. The summed E-state index contributed by atoms with van der Waals surface area (Å²) in [5, 5.41) is 15.7. The molecule has 1 unspecified atom stereocenters. The lowest BCUT2D eigenvalue weighted by Crippen LogP contribution is -2.32. The lowest BCUT2D eigenvalue weighted by molar-refractivity contribution is 0.0215. The van der Waals surface area contributed by atoms with Gasteiger partial charge < -0.3 is 9.84 Å². The van der Waals surface area contributed by atoms with Crippen molar-refractivity contribution >= 4 is 21.4 Å². The van der Waals surface area contributed by atoms with Crippen LogP contribution < -0.4 is 9.88 Å². The van der Waals surface area contributed by atoms with Gasteiger partial charge in [-0.25, -0.2) is 13.6 Å². The summed E-state index contributed by atoms with van der Waals surface area (Å²) in [6, 6.07) is 9.74. The SMILES string of the molecule is CCCc1cc(C(CC)(CC)c2ccc(S(N)(=O)=O)s2)ccc1OCC(O)C(C)(C)C. The molecule has 0 radical (unpaired) electrons. The zero-order valence-electron chi connectivity index (χ0n) is 19.6. The predicted molar refractivity (Wildman–Crippen MR) is 128 cm³/mol. The van der Waals surface area contributed by atoms with Gasteiger partial charge in [0.05, 0.1) is 6.10 Å². The average Bonchev–Trinajstić information content (AvgIpc) is 3.19. The van der Waals surface area contributed by atoms with Gasteiger partial charge in [-0.3, -0.25) is 0 Å². The van der Waals surface area contributed by atoms with Crippen molar-refractivity contribution in [1.29, 1.82) is 0 Å². The van der Waals surface area contributed by atoms with Crippen LogP contribution in [0, 0.1) is 5.41 Å². The minimum absolute atomic E-state index is 0.193. The highest BCUT2D eigenvalue weighted by Gasteiger charge is 2.34. The Morgan fingerprint density at radius 3 is 2.23 bits per heavy atom. The molecule has 2 aromatic rings. The summed E-state index contributed by atoms with van der Waals surface area (Å²) in [5.41, 5.74) is 1.72. The second-order valence-corrected chi connectivity index (χ2v) is 12.1. The zero-order valence-corrected chi connectivity index (χ0v) is 21.2.